The van der Waals surface area contributed by atoms with Crippen molar-refractivity contribution < 1.29 is 4.74 Å². The zero-order valence-electron chi connectivity index (χ0n) is 22.0. The highest BCUT2D eigenvalue weighted by molar-refractivity contribution is 7.17. The Morgan fingerprint density at radius 1 is 1.03 bits per heavy atom. The number of ether oxygens (including phenoxy) is 1. The molecule has 37 heavy (non-hydrogen) atoms. The lowest BCUT2D eigenvalue weighted by molar-refractivity contribution is -0.0394. The van der Waals surface area contributed by atoms with Crippen molar-refractivity contribution in [2.75, 3.05) is 11.9 Å². The van der Waals surface area contributed by atoms with Gasteiger partial charge >= 0.3 is 0 Å². The Kier molecular flexibility index (Phi) is 6.25. The van der Waals surface area contributed by atoms with E-state index in [0.29, 0.717) is 6.04 Å². The second-order valence-electron chi connectivity index (χ2n) is 11.7. The lowest BCUT2D eigenvalue weighted by atomic mass is 9.79. The number of rotatable bonds is 5. The van der Waals surface area contributed by atoms with E-state index in [9.17, 15) is 0 Å². The van der Waals surface area contributed by atoms with Gasteiger partial charge in [-0.3, -0.25) is 0 Å². The molecule has 0 saturated carbocycles. The van der Waals surface area contributed by atoms with Gasteiger partial charge in [-0.2, -0.15) is 5.10 Å². The predicted molar refractivity (Wildman–Crippen MR) is 149 cm³/mol. The van der Waals surface area contributed by atoms with E-state index in [1.807, 2.05) is 22.5 Å². The SMILES string of the molecule is CC1(C)CC(Nc2ccc(-c3ccc(-c4cnn(C5CCCCO5)c4)c4ncsc34)nn2)CC(C)(C)N1. The first-order valence-electron chi connectivity index (χ1n) is 13.2. The van der Waals surface area contributed by atoms with Crippen molar-refractivity contribution in [3.63, 3.8) is 0 Å². The zero-order valence-corrected chi connectivity index (χ0v) is 22.8. The van der Waals surface area contributed by atoms with E-state index in [0.717, 1.165) is 70.7 Å². The molecule has 2 aliphatic heterocycles. The number of fused-ring (bicyclic) bond motifs is 1. The standard InChI is InChI=1S/C28H35N7OS/c1-27(2)13-19(14-28(3,4)34-27)31-23-11-10-22(32-33-23)21-9-8-20(25-26(21)37-17-29-25)18-15-30-35(16-18)24-7-5-6-12-36-24/h8-11,15-17,19,24,34H,5-7,12-14H2,1-4H3,(H,31,33). The van der Waals surface area contributed by atoms with Gasteiger partial charge in [-0.1, -0.05) is 12.1 Å². The summed E-state index contributed by atoms with van der Waals surface area (Å²) in [7, 11) is 0. The zero-order chi connectivity index (χ0) is 25.6. The number of anilines is 1. The Morgan fingerprint density at radius 3 is 2.57 bits per heavy atom. The summed E-state index contributed by atoms with van der Waals surface area (Å²) < 4.78 is 8.96. The summed E-state index contributed by atoms with van der Waals surface area (Å²) in [5.41, 5.74) is 7.04. The molecule has 1 unspecified atom stereocenters. The molecule has 0 bridgehead atoms. The van der Waals surface area contributed by atoms with Gasteiger partial charge in [0.05, 0.1) is 27.6 Å². The Balaban J connectivity index is 1.23. The Bertz CT molecular complexity index is 1370. The smallest absolute Gasteiger partial charge is 0.150 e. The molecule has 6 rings (SSSR count). The molecular formula is C28H35N7OS. The van der Waals surface area contributed by atoms with Crippen molar-refractivity contribution in [2.45, 2.75) is 83.1 Å². The average molecular weight is 518 g/mol. The molecule has 8 nitrogen and oxygen atoms in total. The van der Waals surface area contributed by atoms with Gasteiger partial charge in [0.15, 0.2) is 0 Å². The fraction of sp³-hybridized carbons (Fsp3) is 0.500. The molecule has 5 heterocycles. The molecule has 2 N–H and O–H groups in total. The number of benzene rings is 1. The molecule has 194 valence electrons. The van der Waals surface area contributed by atoms with Gasteiger partial charge in [0.25, 0.3) is 0 Å². The van der Waals surface area contributed by atoms with E-state index in [2.05, 4.69) is 78.0 Å². The van der Waals surface area contributed by atoms with Gasteiger partial charge in [0, 0.05) is 46.6 Å². The first kappa shape index (κ1) is 24.5. The number of aromatic nitrogens is 5. The summed E-state index contributed by atoms with van der Waals surface area (Å²) in [6.45, 7) is 9.84. The monoisotopic (exact) mass is 517 g/mol. The van der Waals surface area contributed by atoms with E-state index in [1.54, 1.807) is 11.3 Å². The molecule has 1 atom stereocenters. The molecule has 0 amide bonds. The molecule has 9 heteroatoms. The average Bonchev–Trinajstić information content (AvgIpc) is 3.53. The van der Waals surface area contributed by atoms with Crippen LogP contribution >= 0.6 is 11.3 Å². The van der Waals surface area contributed by atoms with Crippen molar-refractivity contribution in [2.24, 2.45) is 0 Å². The van der Waals surface area contributed by atoms with E-state index in [-0.39, 0.29) is 17.3 Å². The number of nitrogens with one attached hydrogen (secondary N) is 2. The van der Waals surface area contributed by atoms with Gasteiger partial charge < -0.3 is 15.4 Å². The summed E-state index contributed by atoms with van der Waals surface area (Å²) in [4.78, 5) is 4.71. The van der Waals surface area contributed by atoms with Crippen LogP contribution in [0.2, 0.25) is 0 Å². The van der Waals surface area contributed by atoms with Crippen LogP contribution in [0.25, 0.3) is 32.6 Å². The van der Waals surface area contributed by atoms with Crippen LogP contribution in [-0.2, 0) is 4.74 Å². The van der Waals surface area contributed by atoms with Gasteiger partial charge in [0.1, 0.15) is 12.0 Å². The lowest BCUT2D eigenvalue weighted by Crippen LogP contribution is -2.60. The molecule has 4 aromatic rings. The first-order chi connectivity index (χ1) is 17.8. The highest BCUT2D eigenvalue weighted by Gasteiger charge is 2.37. The fourth-order valence-corrected chi connectivity index (χ4v) is 6.98. The van der Waals surface area contributed by atoms with E-state index in [4.69, 9.17) is 9.72 Å². The van der Waals surface area contributed by atoms with Crippen LogP contribution in [0.3, 0.4) is 0 Å². The summed E-state index contributed by atoms with van der Waals surface area (Å²) in [5, 5.41) is 21.1. The van der Waals surface area contributed by atoms with Crippen molar-refractivity contribution in [1.29, 1.82) is 0 Å². The Labute approximate surface area is 221 Å². The van der Waals surface area contributed by atoms with Crippen molar-refractivity contribution in [3.05, 3.63) is 42.2 Å². The van der Waals surface area contributed by atoms with Crippen LogP contribution in [0.1, 0.15) is 66.0 Å². The van der Waals surface area contributed by atoms with E-state index in [1.165, 1.54) is 6.42 Å². The van der Waals surface area contributed by atoms with E-state index < -0.39 is 0 Å². The van der Waals surface area contributed by atoms with Crippen LogP contribution in [0.4, 0.5) is 5.82 Å². The number of piperidine rings is 1. The van der Waals surface area contributed by atoms with Gasteiger partial charge in [-0.25, -0.2) is 9.67 Å². The van der Waals surface area contributed by atoms with Crippen LogP contribution in [0.15, 0.2) is 42.2 Å². The first-order valence-corrected chi connectivity index (χ1v) is 14.1. The maximum absolute atomic E-state index is 5.90. The van der Waals surface area contributed by atoms with Crippen LogP contribution in [0.5, 0.6) is 0 Å². The minimum absolute atomic E-state index is 0.0251. The van der Waals surface area contributed by atoms with Crippen LogP contribution in [-0.4, -0.2) is 48.7 Å². The predicted octanol–water partition coefficient (Wildman–Crippen LogP) is 6.04. The quantitative estimate of drug-likeness (QED) is 0.334. The summed E-state index contributed by atoms with van der Waals surface area (Å²) >= 11 is 1.63. The molecule has 2 saturated heterocycles. The summed E-state index contributed by atoms with van der Waals surface area (Å²) in [6.07, 6.45) is 9.38. The van der Waals surface area contributed by atoms with Gasteiger partial charge in [-0.05, 0) is 71.9 Å². The fourth-order valence-electron chi connectivity index (χ4n) is 6.14. The molecule has 1 aromatic carbocycles. The third-order valence-electron chi connectivity index (χ3n) is 7.33. The van der Waals surface area contributed by atoms with Crippen LogP contribution in [0, 0.1) is 0 Å². The van der Waals surface area contributed by atoms with Crippen molar-refractivity contribution in [3.8, 4) is 22.4 Å². The summed E-state index contributed by atoms with van der Waals surface area (Å²) in [6, 6.07) is 8.68. The third kappa shape index (κ3) is 5.12. The largest absolute Gasteiger partial charge is 0.366 e. The van der Waals surface area contributed by atoms with Crippen molar-refractivity contribution in [1.82, 2.24) is 30.3 Å². The van der Waals surface area contributed by atoms with Crippen molar-refractivity contribution >= 4 is 27.4 Å². The number of thiazole rings is 1. The maximum Gasteiger partial charge on any atom is 0.150 e. The Hall–Kier alpha value is -2.88. The molecule has 0 radical (unpaired) electrons. The minimum atomic E-state index is 0.0251. The highest BCUT2D eigenvalue weighted by atomic mass is 32.1. The Morgan fingerprint density at radius 2 is 1.84 bits per heavy atom. The third-order valence-corrected chi connectivity index (χ3v) is 8.19. The highest BCUT2D eigenvalue weighted by Crippen LogP contribution is 2.37. The molecule has 0 aliphatic carbocycles. The molecule has 2 fully saturated rings. The lowest BCUT2D eigenvalue weighted by Gasteiger charge is -2.46. The maximum atomic E-state index is 5.90. The second kappa shape index (κ2) is 9.45. The number of hydrogen-bond donors (Lipinski definition) is 2. The minimum Gasteiger partial charge on any atom is -0.366 e. The molecule has 0 spiro atoms. The van der Waals surface area contributed by atoms with E-state index >= 15 is 0 Å². The molecule has 2 aliphatic rings. The second-order valence-corrected chi connectivity index (χ2v) is 12.5. The molecular weight excluding hydrogens is 482 g/mol. The van der Waals surface area contributed by atoms with Gasteiger partial charge in [-0.15, -0.1) is 21.5 Å². The van der Waals surface area contributed by atoms with Crippen LogP contribution < -0.4 is 10.6 Å². The van der Waals surface area contributed by atoms with Gasteiger partial charge in [0.2, 0.25) is 0 Å². The number of hydrogen-bond acceptors (Lipinski definition) is 8. The normalized spacial score (nSPS) is 21.8. The summed E-state index contributed by atoms with van der Waals surface area (Å²) in [5.74, 6) is 0.816. The molecule has 3 aromatic heterocycles. The topological polar surface area (TPSA) is 89.8 Å². The number of nitrogens with zero attached hydrogens (tertiary/aromatic N) is 5.